The van der Waals surface area contributed by atoms with Gasteiger partial charge in [0.15, 0.2) is 0 Å². The van der Waals surface area contributed by atoms with Gasteiger partial charge >= 0.3 is 0 Å². The normalized spacial score (nSPS) is 9.00. The molecule has 1 N–H and O–H groups in total. The van der Waals surface area contributed by atoms with Crippen molar-refractivity contribution in [3.8, 4) is 0 Å². The van der Waals surface area contributed by atoms with E-state index in [1.54, 1.807) is 0 Å². The van der Waals surface area contributed by atoms with Crippen LogP contribution in [0.3, 0.4) is 0 Å². The van der Waals surface area contributed by atoms with Crippen LogP contribution in [0.4, 0.5) is 4.39 Å². The summed E-state index contributed by atoms with van der Waals surface area (Å²) in [6.07, 6.45) is 0. The third-order valence-corrected chi connectivity index (χ3v) is 0.416. The van der Waals surface area contributed by atoms with Gasteiger partial charge in [-0.25, -0.2) is 4.39 Å². The van der Waals surface area contributed by atoms with Crippen molar-refractivity contribution in [1.29, 1.82) is 0 Å². The van der Waals surface area contributed by atoms with Crippen LogP contribution in [0.25, 0.3) is 0 Å². The van der Waals surface area contributed by atoms with E-state index in [-0.39, 0.29) is 6.67 Å². The fourth-order valence-electron chi connectivity index (χ4n) is 0.169. The average molecular weight is 89.1 g/mol. The van der Waals surface area contributed by atoms with Crippen molar-refractivity contribution in [2.45, 2.75) is 0 Å². The Bertz CT molecular complexity index is 19.5. The molecule has 0 bridgehead atoms. The van der Waals surface area contributed by atoms with Gasteiger partial charge in [0.25, 0.3) is 0 Å². The first-order valence-corrected chi connectivity index (χ1v) is 1.88. The van der Waals surface area contributed by atoms with E-state index in [2.05, 4.69) is 5.32 Å². The summed E-state index contributed by atoms with van der Waals surface area (Å²) in [6.45, 7) is 5.34. The summed E-state index contributed by atoms with van der Waals surface area (Å²) in [5.41, 5.74) is 0. The van der Waals surface area contributed by atoms with Crippen molar-refractivity contribution in [2.75, 3.05) is 19.8 Å². The van der Waals surface area contributed by atoms with Crippen LogP contribution in [0.1, 0.15) is 0 Å². The number of hydrogen-bond donors (Lipinski definition) is 1. The number of nitrogens with one attached hydrogen (secondary N) is 1. The lowest BCUT2D eigenvalue weighted by atomic mass is 10.6. The Morgan fingerprint density at radius 2 is 2.33 bits per heavy atom. The van der Waals surface area contributed by atoms with Gasteiger partial charge in [0, 0.05) is 6.54 Å². The Kier molecular flexibility index (Phi) is 4.80. The second kappa shape index (κ2) is 4.89. The van der Waals surface area contributed by atoms with Crippen molar-refractivity contribution >= 4 is 0 Å². The third-order valence-electron chi connectivity index (χ3n) is 0.416. The van der Waals surface area contributed by atoms with Crippen LogP contribution in [0.2, 0.25) is 0 Å². The van der Waals surface area contributed by atoms with Gasteiger partial charge in [-0.1, -0.05) is 0 Å². The van der Waals surface area contributed by atoms with Gasteiger partial charge in [0.2, 0.25) is 0 Å². The van der Waals surface area contributed by atoms with Gasteiger partial charge in [0.05, 0.1) is 0 Å². The monoisotopic (exact) mass is 89.1 g/mol. The second-order valence-corrected chi connectivity index (χ2v) is 0.893. The van der Waals surface area contributed by atoms with Crippen LogP contribution in [0, 0.1) is 6.92 Å². The molecule has 0 unspecified atom stereocenters. The van der Waals surface area contributed by atoms with Crippen LogP contribution in [0.5, 0.6) is 0 Å². The molecular formula is C4H8FN. The van der Waals surface area contributed by atoms with E-state index in [9.17, 15) is 4.39 Å². The fraction of sp³-hybridized carbons (Fsp3) is 0.750. The summed E-state index contributed by atoms with van der Waals surface area (Å²) in [4.78, 5) is 0. The topological polar surface area (TPSA) is 12.0 Å². The molecule has 2 heteroatoms. The minimum atomic E-state index is -0.336. The molecule has 0 spiro atoms. The third kappa shape index (κ3) is 3.89. The highest BCUT2D eigenvalue weighted by molar-refractivity contribution is 4.43. The summed E-state index contributed by atoms with van der Waals surface area (Å²) >= 11 is 0. The lowest BCUT2D eigenvalue weighted by molar-refractivity contribution is 0.475. The highest BCUT2D eigenvalue weighted by Crippen LogP contribution is 1.59. The maximum absolute atomic E-state index is 11.1. The molecule has 6 heavy (non-hydrogen) atoms. The summed E-state index contributed by atoms with van der Waals surface area (Å²) in [6, 6.07) is 0. The highest BCUT2D eigenvalue weighted by Gasteiger charge is 1.74. The number of rotatable bonds is 3. The number of hydrogen-bond acceptors (Lipinski definition) is 1. The van der Waals surface area contributed by atoms with Crippen LogP contribution in [-0.2, 0) is 0 Å². The van der Waals surface area contributed by atoms with Crippen molar-refractivity contribution < 1.29 is 4.39 Å². The largest absolute Gasteiger partial charge is 0.314 e. The summed E-state index contributed by atoms with van der Waals surface area (Å²) in [5.74, 6) is 0. The molecule has 0 amide bonds. The lowest BCUT2D eigenvalue weighted by Gasteiger charge is -1.89. The Labute approximate surface area is 37.5 Å². The molecule has 0 aromatic rings. The van der Waals surface area contributed by atoms with E-state index in [1.807, 2.05) is 0 Å². The molecule has 0 aliphatic heterocycles. The van der Waals surface area contributed by atoms with Crippen LogP contribution >= 0.6 is 0 Å². The first kappa shape index (κ1) is 5.89. The summed E-state index contributed by atoms with van der Waals surface area (Å²) in [5, 5.41) is 2.60. The molecule has 0 heterocycles. The van der Waals surface area contributed by atoms with Crippen molar-refractivity contribution in [3.05, 3.63) is 6.92 Å². The Morgan fingerprint density at radius 1 is 1.67 bits per heavy atom. The predicted octanol–water partition coefficient (Wildman–Crippen LogP) is 0.257. The first-order valence-electron chi connectivity index (χ1n) is 1.88. The maximum atomic E-state index is 11.1. The van der Waals surface area contributed by atoms with Crippen LogP contribution in [-0.4, -0.2) is 19.8 Å². The van der Waals surface area contributed by atoms with Crippen LogP contribution < -0.4 is 5.32 Å². The zero-order valence-corrected chi connectivity index (χ0v) is 3.58. The van der Waals surface area contributed by atoms with E-state index in [0.717, 1.165) is 0 Å². The molecule has 2 radical (unpaired) electrons. The molecular weight excluding hydrogens is 81.0 g/mol. The van der Waals surface area contributed by atoms with Gasteiger partial charge in [-0.3, -0.25) is 0 Å². The predicted molar refractivity (Wildman–Crippen MR) is 23.1 cm³/mol. The van der Waals surface area contributed by atoms with E-state index in [1.165, 1.54) is 0 Å². The standard InChI is InChI=1S/C4H8FN/c1-2-6-4-3-5/h1,6H,2-4H2. The summed E-state index contributed by atoms with van der Waals surface area (Å²) < 4.78 is 11.1. The van der Waals surface area contributed by atoms with Crippen molar-refractivity contribution in [2.24, 2.45) is 0 Å². The quantitative estimate of drug-likeness (QED) is 0.489. The molecule has 0 fully saturated rings. The smallest absolute Gasteiger partial charge is 0.102 e. The molecule has 0 saturated carbocycles. The van der Waals surface area contributed by atoms with Gasteiger partial charge < -0.3 is 5.32 Å². The summed E-state index contributed by atoms with van der Waals surface area (Å²) in [7, 11) is 0. The molecule has 1 nitrogen and oxygen atoms in total. The van der Waals surface area contributed by atoms with Crippen molar-refractivity contribution in [3.63, 3.8) is 0 Å². The van der Waals surface area contributed by atoms with Gasteiger partial charge in [-0.15, -0.1) is 0 Å². The molecule has 0 aliphatic rings. The van der Waals surface area contributed by atoms with Crippen molar-refractivity contribution in [1.82, 2.24) is 5.32 Å². The molecule has 0 aromatic carbocycles. The fourth-order valence-corrected chi connectivity index (χ4v) is 0.169. The average Bonchev–Trinajstić information content (AvgIpc) is 1.61. The molecule has 0 saturated heterocycles. The van der Waals surface area contributed by atoms with E-state index >= 15 is 0 Å². The second-order valence-electron chi connectivity index (χ2n) is 0.893. The minimum Gasteiger partial charge on any atom is -0.314 e. The van der Waals surface area contributed by atoms with E-state index in [0.29, 0.717) is 13.1 Å². The van der Waals surface area contributed by atoms with E-state index < -0.39 is 0 Å². The zero-order valence-electron chi connectivity index (χ0n) is 3.58. The zero-order chi connectivity index (χ0) is 4.83. The molecule has 0 aliphatic carbocycles. The SMILES string of the molecule is [CH]CNCCF. The lowest BCUT2D eigenvalue weighted by Crippen LogP contribution is -2.15. The van der Waals surface area contributed by atoms with Gasteiger partial charge in [-0.2, -0.15) is 0 Å². The molecule has 36 valence electrons. The highest BCUT2D eigenvalue weighted by atomic mass is 19.1. The maximum Gasteiger partial charge on any atom is 0.102 e. The number of alkyl halides is 1. The Hall–Kier alpha value is -0.110. The van der Waals surface area contributed by atoms with Gasteiger partial charge in [-0.05, 0) is 13.5 Å². The molecule has 0 rings (SSSR count). The van der Waals surface area contributed by atoms with Crippen LogP contribution in [0.15, 0.2) is 0 Å². The van der Waals surface area contributed by atoms with Gasteiger partial charge in [0.1, 0.15) is 6.67 Å². The van der Waals surface area contributed by atoms with E-state index in [4.69, 9.17) is 6.92 Å². The minimum absolute atomic E-state index is 0.336. The molecule has 0 atom stereocenters. The first-order chi connectivity index (χ1) is 2.91. The molecule has 0 aromatic heterocycles. The Morgan fingerprint density at radius 3 is 2.50 bits per heavy atom. The number of halogens is 1. The Balaban J connectivity index is 2.34.